The Kier molecular flexibility index (Phi) is 3.97. The fourth-order valence-electron chi connectivity index (χ4n) is 1.14. The lowest BCUT2D eigenvalue weighted by Gasteiger charge is -2.10. The highest BCUT2D eigenvalue weighted by Crippen LogP contribution is 2.23. The van der Waals surface area contributed by atoms with Crippen molar-refractivity contribution >= 4 is 21.4 Å². The number of rotatable bonds is 5. The minimum Gasteiger partial charge on any atom is -0.497 e. The second-order valence-corrected chi connectivity index (χ2v) is 4.98. The summed E-state index contributed by atoms with van der Waals surface area (Å²) < 4.78 is 26.4. The Morgan fingerprint density at radius 3 is 2.69 bits per heavy atom. The highest BCUT2D eigenvalue weighted by atomic mass is 32.2. The van der Waals surface area contributed by atoms with Crippen molar-refractivity contribution in [3.63, 3.8) is 0 Å². The molecule has 5 N–H and O–H groups in total. The number of nitrogen functional groups attached to an aromatic ring is 1. The number of anilines is 2. The molecule has 7 heteroatoms. The monoisotopic (exact) mass is 245 g/mol. The molecule has 0 aromatic heterocycles. The average Bonchev–Trinajstić information content (AvgIpc) is 2.19. The van der Waals surface area contributed by atoms with Crippen molar-refractivity contribution in [2.75, 3.05) is 30.5 Å². The van der Waals surface area contributed by atoms with Crippen LogP contribution in [0.5, 0.6) is 5.75 Å². The summed E-state index contributed by atoms with van der Waals surface area (Å²) in [6.07, 6.45) is 0. The zero-order valence-corrected chi connectivity index (χ0v) is 9.75. The maximum Gasteiger partial charge on any atom is 0.210 e. The first kappa shape index (κ1) is 12.6. The zero-order valence-electron chi connectivity index (χ0n) is 8.93. The van der Waals surface area contributed by atoms with E-state index in [1.165, 1.54) is 0 Å². The van der Waals surface area contributed by atoms with Gasteiger partial charge in [0.25, 0.3) is 0 Å². The zero-order chi connectivity index (χ0) is 12.2. The lowest BCUT2D eigenvalue weighted by Crippen LogP contribution is -2.22. The summed E-state index contributed by atoms with van der Waals surface area (Å²) in [5, 5.41) is 7.75. The summed E-state index contributed by atoms with van der Waals surface area (Å²) in [5.74, 6) is 0.496. The van der Waals surface area contributed by atoms with E-state index in [2.05, 4.69) is 5.32 Å². The number of sulfonamides is 1. The number of nitrogens with one attached hydrogen (secondary N) is 1. The van der Waals surface area contributed by atoms with Crippen molar-refractivity contribution in [2.24, 2.45) is 5.14 Å². The summed E-state index contributed by atoms with van der Waals surface area (Å²) in [6.45, 7) is 0.205. The molecule has 1 aromatic carbocycles. The topological polar surface area (TPSA) is 107 Å². The molecule has 90 valence electrons. The van der Waals surface area contributed by atoms with E-state index in [0.717, 1.165) is 0 Å². The molecule has 0 radical (unpaired) electrons. The van der Waals surface area contributed by atoms with E-state index in [1.807, 2.05) is 0 Å². The van der Waals surface area contributed by atoms with Gasteiger partial charge >= 0.3 is 0 Å². The van der Waals surface area contributed by atoms with Gasteiger partial charge in [-0.05, 0) is 12.1 Å². The molecule has 0 unspecified atom stereocenters. The predicted molar refractivity (Wildman–Crippen MR) is 63.9 cm³/mol. The van der Waals surface area contributed by atoms with Crippen molar-refractivity contribution in [3.05, 3.63) is 18.2 Å². The summed E-state index contributed by atoms with van der Waals surface area (Å²) in [6, 6.07) is 5.09. The van der Waals surface area contributed by atoms with Gasteiger partial charge in [-0.25, -0.2) is 13.6 Å². The molecule has 1 aromatic rings. The molecule has 0 aliphatic heterocycles. The fraction of sp³-hybridized carbons (Fsp3) is 0.333. The van der Waals surface area contributed by atoms with Crippen LogP contribution < -0.4 is 20.9 Å². The van der Waals surface area contributed by atoms with E-state index < -0.39 is 10.0 Å². The van der Waals surface area contributed by atoms with Crippen molar-refractivity contribution in [1.29, 1.82) is 0 Å². The van der Waals surface area contributed by atoms with Crippen LogP contribution in [0.2, 0.25) is 0 Å². The molecule has 0 saturated carbocycles. The Hall–Kier alpha value is -1.47. The summed E-state index contributed by atoms with van der Waals surface area (Å²) in [4.78, 5) is 0. The summed E-state index contributed by atoms with van der Waals surface area (Å²) in [5.41, 5.74) is 6.85. The van der Waals surface area contributed by atoms with Crippen molar-refractivity contribution in [1.82, 2.24) is 0 Å². The second kappa shape index (κ2) is 5.04. The summed E-state index contributed by atoms with van der Waals surface area (Å²) in [7, 11) is -1.92. The quantitative estimate of drug-likeness (QED) is 0.632. The molecule has 0 fully saturated rings. The second-order valence-electron chi connectivity index (χ2n) is 3.25. The number of nitrogens with two attached hydrogens (primary N) is 2. The number of primary sulfonamides is 1. The van der Waals surface area contributed by atoms with Gasteiger partial charge in [-0.15, -0.1) is 0 Å². The Labute approximate surface area is 94.6 Å². The van der Waals surface area contributed by atoms with E-state index in [4.69, 9.17) is 15.6 Å². The van der Waals surface area contributed by atoms with E-state index >= 15 is 0 Å². The molecule has 0 heterocycles. The molecule has 0 amide bonds. The van der Waals surface area contributed by atoms with E-state index in [-0.39, 0.29) is 12.3 Å². The van der Waals surface area contributed by atoms with Crippen molar-refractivity contribution < 1.29 is 13.2 Å². The number of hydrogen-bond donors (Lipinski definition) is 3. The molecule has 0 atom stereocenters. The van der Waals surface area contributed by atoms with Crippen LogP contribution in [0, 0.1) is 0 Å². The first-order valence-corrected chi connectivity index (χ1v) is 6.32. The molecule has 0 aliphatic carbocycles. The van der Waals surface area contributed by atoms with Crippen LogP contribution in [0.25, 0.3) is 0 Å². The van der Waals surface area contributed by atoms with Gasteiger partial charge in [0.1, 0.15) is 5.75 Å². The van der Waals surface area contributed by atoms with Crippen molar-refractivity contribution in [2.45, 2.75) is 0 Å². The minimum atomic E-state index is -3.46. The molecule has 0 aliphatic rings. The fourth-order valence-corrected chi connectivity index (χ4v) is 1.53. The normalized spacial score (nSPS) is 11.1. The van der Waals surface area contributed by atoms with Crippen LogP contribution in [0.15, 0.2) is 18.2 Å². The van der Waals surface area contributed by atoms with Crippen LogP contribution >= 0.6 is 0 Å². The smallest absolute Gasteiger partial charge is 0.210 e. The summed E-state index contributed by atoms with van der Waals surface area (Å²) >= 11 is 0. The Morgan fingerprint density at radius 2 is 2.12 bits per heavy atom. The third-order valence-corrected chi connectivity index (χ3v) is 2.74. The molecule has 0 bridgehead atoms. The first-order valence-electron chi connectivity index (χ1n) is 4.60. The SMILES string of the molecule is COc1ccc(N)c(NCCS(N)(=O)=O)c1. The lowest BCUT2D eigenvalue weighted by atomic mass is 10.2. The van der Waals surface area contributed by atoms with E-state index in [1.54, 1.807) is 25.3 Å². The van der Waals surface area contributed by atoms with Crippen LogP contribution in [0.1, 0.15) is 0 Å². The van der Waals surface area contributed by atoms with Crippen LogP contribution in [-0.2, 0) is 10.0 Å². The Bertz CT molecular complexity index is 459. The molecule has 0 spiro atoms. The first-order chi connectivity index (χ1) is 7.42. The largest absolute Gasteiger partial charge is 0.497 e. The molecular weight excluding hydrogens is 230 g/mol. The third-order valence-electron chi connectivity index (χ3n) is 1.96. The predicted octanol–water partition coefficient (Wildman–Crippen LogP) is -0.0222. The van der Waals surface area contributed by atoms with Gasteiger partial charge in [0.2, 0.25) is 10.0 Å². The lowest BCUT2D eigenvalue weighted by molar-refractivity contribution is 0.415. The maximum absolute atomic E-state index is 10.7. The van der Waals surface area contributed by atoms with Gasteiger partial charge in [-0.1, -0.05) is 0 Å². The van der Waals surface area contributed by atoms with E-state index in [9.17, 15) is 8.42 Å². The van der Waals surface area contributed by atoms with Crippen LogP contribution in [0.4, 0.5) is 11.4 Å². The molecule has 16 heavy (non-hydrogen) atoms. The van der Waals surface area contributed by atoms with Crippen molar-refractivity contribution in [3.8, 4) is 5.75 Å². The van der Waals surface area contributed by atoms with Crippen LogP contribution in [-0.4, -0.2) is 27.8 Å². The number of ether oxygens (including phenoxy) is 1. The highest BCUT2D eigenvalue weighted by molar-refractivity contribution is 7.89. The van der Waals surface area contributed by atoms with Gasteiger partial charge in [-0.2, -0.15) is 0 Å². The number of methoxy groups -OCH3 is 1. The Balaban J connectivity index is 2.66. The number of hydrogen-bond acceptors (Lipinski definition) is 5. The third kappa shape index (κ3) is 3.95. The molecule has 0 saturated heterocycles. The molecular formula is C9H15N3O3S. The Morgan fingerprint density at radius 1 is 1.44 bits per heavy atom. The standard InChI is InChI=1S/C9H15N3O3S/c1-15-7-2-3-8(10)9(6-7)12-4-5-16(11,13)14/h2-3,6,12H,4-5,10H2,1H3,(H2,11,13,14). The molecule has 6 nitrogen and oxygen atoms in total. The maximum atomic E-state index is 10.7. The number of benzene rings is 1. The van der Waals surface area contributed by atoms with Gasteiger partial charge < -0.3 is 15.8 Å². The average molecular weight is 245 g/mol. The highest BCUT2D eigenvalue weighted by Gasteiger charge is 2.04. The van der Waals surface area contributed by atoms with Gasteiger partial charge in [0.05, 0.1) is 24.2 Å². The van der Waals surface area contributed by atoms with Gasteiger partial charge in [0, 0.05) is 12.6 Å². The van der Waals surface area contributed by atoms with Gasteiger partial charge in [0.15, 0.2) is 0 Å². The van der Waals surface area contributed by atoms with Gasteiger partial charge in [-0.3, -0.25) is 0 Å². The van der Waals surface area contributed by atoms with E-state index in [0.29, 0.717) is 17.1 Å². The molecule has 1 rings (SSSR count). The van der Waals surface area contributed by atoms with Crippen LogP contribution in [0.3, 0.4) is 0 Å². The minimum absolute atomic E-state index is 0.149.